The monoisotopic (exact) mass is 425 g/mol. The van der Waals surface area contributed by atoms with E-state index in [4.69, 9.17) is 11.2 Å². The molecule has 0 fully saturated rings. The molecule has 0 saturated carbocycles. The lowest BCUT2D eigenvalue weighted by molar-refractivity contribution is -0.150. The van der Waals surface area contributed by atoms with Gasteiger partial charge in [-0.05, 0) is 45.4 Å². The maximum Gasteiger partial charge on any atom is 0.335 e. The van der Waals surface area contributed by atoms with Gasteiger partial charge in [-0.15, -0.1) is 6.42 Å². The van der Waals surface area contributed by atoms with Crippen molar-refractivity contribution < 1.29 is 17.9 Å². The van der Waals surface area contributed by atoms with Gasteiger partial charge in [-0.1, -0.05) is 60.5 Å². The standard InChI is InChI=1S/C24H27NO4S/c1-7-17-25(30(27,28)21-15-13-18(2)14-16-21)22(20-11-9-8-10-12-20)19(3)23(26)29-24(4,5)6/h1,8-16,22H,3,17H2,2,4-6H3/t22-/m1/s1. The van der Waals surface area contributed by atoms with Crippen molar-refractivity contribution >= 4 is 16.0 Å². The van der Waals surface area contributed by atoms with E-state index >= 15 is 0 Å². The first-order chi connectivity index (χ1) is 14.0. The Hall–Kier alpha value is -2.88. The highest BCUT2D eigenvalue weighted by Crippen LogP contribution is 2.34. The molecule has 158 valence electrons. The third kappa shape index (κ3) is 5.59. The summed E-state index contributed by atoms with van der Waals surface area (Å²) < 4.78 is 33.6. The molecule has 0 aliphatic rings. The van der Waals surface area contributed by atoms with E-state index in [2.05, 4.69) is 12.5 Å². The summed E-state index contributed by atoms with van der Waals surface area (Å²) in [5.74, 6) is 1.72. The summed E-state index contributed by atoms with van der Waals surface area (Å²) in [6, 6.07) is 14.2. The van der Waals surface area contributed by atoms with Gasteiger partial charge in [-0.25, -0.2) is 13.2 Å². The number of esters is 1. The number of terminal acetylenes is 1. The Morgan fingerprint density at radius 3 is 2.20 bits per heavy atom. The van der Waals surface area contributed by atoms with Gasteiger partial charge in [0.2, 0.25) is 10.0 Å². The minimum atomic E-state index is -4.03. The Bertz CT molecular complexity index is 1040. The van der Waals surface area contributed by atoms with Crippen molar-refractivity contribution in [3.8, 4) is 12.3 Å². The second-order valence-corrected chi connectivity index (χ2v) is 9.80. The molecule has 2 aromatic carbocycles. The van der Waals surface area contributed by atoms with Crippen LogP contribution in [0.15, 0.2) is 71.6 Å². The van der Waals surface area contributed by atoms with Crippen molar-refractivity contribution in [1.82, 2.24) is 4.31 Å². The molecule has 0 spiro atoms. The summed E-state index contributed by atoms with van der Waals surface area (Å²) in [6.45, 7) is 10.7. The number of nitrogens with zero attached hydrogens (tertiary/aromatic N) is 1. The first kappa shape index (κ1) is 23.4. The van der Waals surface area contributed by atoms with E-state index in [9.17, 15) is 13.2 Å². The van der Waals surface area contributed by atoms with Crippen LogP contribution >= 0.6 is 0 Å². The molecule has 0 amide bonds. The number of hydrogen-bond donors (Lipinski definition) is 0. The SMILES string of the molecule is C#CCN([C@H](C(=C)C(=O)OC(C)(C)C)c1ccccc1)S(=O)(=O)c1ccc(C)cc1. The summed E-state index contributed by atoms with van der Waals surface area (Å²) in [6.07, 6.45) is 5.52. The van der Waals surface area contributed by atoms with Crippen molar-refractivity contribution in [1.29, 1.82) is 0 Å². The van der Waals surface area contributed by atoms with E-state index in [1.807, 2.05) is 6.92 Å². The van der Waals surface area contributed by atoms with Crippen LogP contribution in [-0.2, 0) is 19.6 Å². The van der Waals surface area contributed by atoms with E-state index in [-0.39, 0.29) is 17.0 Å². The molecule has 0 saturated heterocycles. The molecular formula is C24H27NO4S. The zero-order valence-electron chi connectivity index (χ0n) is 17.8. The lowest BCUT2D eigenvalue weighted by atomic mass is 9.99. The Balaban J connectivity index is 2.61. The molecule has 1 atom stereocenters. The van der Waals surface area contributed by atoms with Crippen LogP contribution in [-0.4, -0.2) is 30.8 Å². The van der Waals surface area contributed by atoms with Crippen LogP contribution in [0.1, 0.15) is 37.9 Å². The van der Waals surface area contributed by atoms with Gasteiger partial charge in [0.05, 0.1) is 23.1 Å². The van der Waals surface area contributed by atoms with Crippen LogP contribution in [0.5, 0.6) is 0 Å². The quantitative estimate of drug-likeness (QED) is 0.378. The Morgan fingerprint density at radius 1 is 1.13 bits per heavy atom. The van der Waals surface area contributed by atoms with Crippen molar-refractivity contribution in [2.45, 2.75) is 44.2 Å². The predicted octanol–water partition coefficient (Wildman–Crippen LogP) is 4.26. The maximum absolute atomic E-state index is 13.5. The zero-order chi connectivity index (χ0) is 22.5. The number of sulfonamides is 1. The minimum Gasteiger partial charge on any atom is -0.457 e. The number of carbonyl (C=O) groups excluding carboxylic acids is 1. The van der Waals surface area contributed by atoms with E-state index in [0.717, 1.165) is 9.87 Å². The summed E-state index contributed by atoms with van der Waals surface area (Å²) in [7, 11) is -4.03. The summed E-state index contributed by atoms with van der Waals surface area (Å²) in [5, 5.41) is 0. The Labute approximate surface area is 179 Å². The number of carbonyl (C=O) groups is 1. The highest BCUT2D eigenvalue weighted by atomic mass is 32.2. The molecule has 0 aliphatic carbocycles. The predicted molar refractivity (Wildman–Crippen MR) is 118 cm³/mol. The van der Waals surface area contributed by atoms with Gasteiger partial charge < -0.3 is 4.74 Å². The van der Waals surface area contributed by atoms with Crippen molar-refractivity contribution in [3.63, 3.8) is 0 Å². The van der Waals surface area contributed by atoms with Gasteiger partial charge in [-0.3, -0.25) is 0 Å². The molecule has 6 heteroatoms. The molecule has 0 N–H and O–H groups in total. The van der Waals surface area contributed by atoms with Crippen molar-refractivity contribution in [2.24, 2.45) is 0 Å². The lowest BCUT2D eigenvalue weighted by Gasteiger charge is -2.31. The first-order valence-electron chi connectivity index (χ1n) is 9.46. The van der Waals surface area contributed by atoms with Crippen LogP contribution in [0.4, 0.5) is 0 Å². The molecule has 0 aromatic heterocycles. The Morgan fingerprint density at radius 2 is 1.70 bits per heavy atom. The van der Waals surface area contributed by atoms with E-state index in [1.165, 1.54) is 12.1 Å². The normalized spacial score (nSPS) is 12.8. The highest BCUT2D eigenvalue weighted by Gasteiger charge is 2.37. The van der Waals surface area contributed by atoms with E-state index in [1.54, 1.807) is 63.2 Å². The lowest BCUT2D eigenvalue weighted by Crippen LogP contribution is -2.38. The molecule has 0 heterocycles. The second-order valence-electron chi connectivity index (χ2n) is 7.91. The molecule has 0 radical (unpaired) electrons. The van der Waals surface area contributed by atoms with Crippen LogP contribution < -0.4 is 0 Å². The molecule has 0 aliphatic heterocycles. The zero-order valence-corrected chi connectivity index (χ0v) is 18.6. The van der Waals surface area contributed by atoms with Gasteiger partial charge in [-0.2, -0.15) is 4.31 Å². The largest absolute Gasteiger partial charge is 0.457 e. The number of rotatable bonds is 7. The van der Waals surface area contributed by atoms with Crippen LogP contribution in [0.3, 0.4) is 0 Å². The van der Waals surface area contributed by atoms with Crippen molar-refractivity contribution in [3.05, 3.63) is 77.9 Å². The molecule has 30 heavy (non-hydrogen) atoms. The topological polar surface area (TPSA) is 63.7 Å². The fraction of sp³-hybridized carbons (Fsp3) is 0.292. The summed E-state index contributed by atoms with van der Waals surface area (Å²) >= 11 is 0. The molecular weight excluding hydrogens is 398 g/mol. The highest BCUT2D eigenvalue weighted by molar-refractivity contribution is 7.89. The van der Waals surface area contributed by atoms with Crippen LogP contribution in [0, 0.1) is 19.3 Å². The third-order valence-corrected chi connectivity index (χ3v) is 6.09. The number of benzene rings is 2. The number of hydrogen-bond acceptors (Lipinski definition) is 4. The van der Waals surface area contributed by atoms with Gasteiger partial charge in [0.1, 0.15) is 5.60 Å². The number of aryl methyl sites for hydroxylation is 1. The maximum atomic E-state index is 13.5. The average Bonchev–Trinajstić information content (AvgIpc) is 2.67. The van der Waals surface area contributed by atoms with Crippen LogP contribution in [0.25, 0.3) is 0 Å². The molecule has 0 bridgehead atoms. The Kier molecular flexibility index (Phi) is 7.25. The molecule has 5 nitrogen and oxygen atoms in total. The molecule has 2 rings (SSSR count). The average molecular weight is 426 g/mol. The fourth-order valence-electron chi connectivity index (χ4n) is 2.88. The summed E-state index contributed by atoms with van der Waals surface area (Å²) in [4.78, 5) is 12.9. The van der Waals surface area contributed by atoms with Crippen molar-refractivity contribution in [2.75, 3.05) is 6.54 Å². The fourth-order valence-corrected chi connectivity index (χ4v) is 4.40. The second kappa shape index (κ2) is 9.29. The first-order valence-corrected chi connectivity index (χ1v) is 10.9. The smallest absolute Gasteiger partial charge is 0.335 e. The molecule has 2 aromatic rings. The third-order valence-electron chi connectivity index (χ3n) is 4.27. The van der Waals surface area contributed by atoms with Gasteiger partial charge in [0.15, 0.2) is 0 Å². The van der Waals surface area contributed by atoms with E-state index in [0.29, 0.717) is 5.56 Å². The van der Waals surface area contributed by atoms with Gasteiger partial charge in [0, 0.05) is 0 Å². The van der Waals surface area contributed by atoms with Gasteiger partial charge >= 0.3 is 5.97 Å². The van der Waals surface area contributed by atoms with Gasteiger partial charge in [0.25, 0.3) is 0 Å². The van der Waals surface area contributed by atoms with Crippen LogP contribution in [0.2, 0.25) is 0 Å². The minimum absolute atomic E-state index is 0.0120. The van der Waals surface area contributed by atoms with E-state index < -0.39 is 27.6 Å². The summed E-state index contributed by atoms with van der Waals surface area (Å²) in [5.41, 5.74) is 0.727. The number of ether oxygens (including phenoxy) is 1. The molecule has 0 unspecified atom stereocenters.